The number of pyridine rings is 1. The van der Waals surface area contributed by atoms with Crippen molar-refractivity contribution in [3.05, 3.63) is 78.7 Å². The van der Waals surface area contributed by atoms with Crippen molar-refractivity contribution in [1.82, 2.24) is 14.5 Å². The van der Waals surface area contributed by atoms with Gasteiger partial charge in [0.2, 0.25) is 15.0 Å². The molecule has 14 heteroatoms. The third-order valence-electron chi connectivity index (χ3n) is 5.47. The van der Waals surface area contributed by atoms with Crippen LogP contribution in [0.5, 0.6) is 11.5 Å². The van der Waals surface area contributed by atoms with Crippen molar-refractivity contribution in [2.75, 3.05) is 20.5 Å². The highest BCUT2D eigenvalue weighted by molar-refractivity contribution is 7.90. The minimum atomic E-state index is -3.79. The van der Waals surface area contributed by atoms with Crippen LogP contribution in [-0.4, -0.2) is 48.4 Å². The highest BCUT2D eigenvalue weighted by Gasteiger charge is 2.24. The minimum absolute atomic E-state index is 0. The van der Waals surface area contributed by atoms with Crippen LogP contribution in [0, 0.1) is 10.1 Å². The highest BCUT2D eigenvalue weighted by atomic mass is 35.5. The summed E-state index contributed by atoms with van der Waals surface area (Å²) in [4.78, 5) is 32.4. The van der Waals surface area contributed by atoms with Crippen molar-refractivity contribution in [2.24, 2.45) is 0 Å². The van der Waals surface area contributed by atoms with Crippen LogP contribution in [0.15, 0.2) is 52.5 Å². The zero-order chi connectivity index (χ0) is 27.1. The molecule has 0 aliphatic heterocycles. The zero-order valence-electron chi connectivity index (χ0n) is 19.6. The largest absolute Gasteiger partial charge is 0.495 e. The van der Waals surface area contributed by atoms with Crippen LogP contribution >= 0.6 is 23.2 Å². The Bertz CT molecular complexity index is 1700. The Kier molecular flexibility index (Phi) is 9.66. The summed E-state index contributed by atoms with van der Waals surface area (Å²) in [5.74, 6) is 0.422. The summed E-state index contributed by atoms with van der Waals surface area (Å²) in [5.41, 5.74) is 0.00523. The first-order valence-electron chi connectivity index (χ1n) is 10.4. The standard InChI is InChI=1S/C23H18Cl2N4O7S.2CH4/c1-35-16-9-17(36-2)20(25)18(19(16)24)15-8-13-10-26-23(37(3,33)34)27-21(13)28(22(15)30)11-12-4-6-14(7-5-12)29(31)32;;/h4-10H,11H2,1-3H3;2*1H4. The number of benzene rings is 2. The number of aromatic nitrogens is 3. The van der Waals surface area contributed by atoms with Crippen molar-refractivity contribution in [2.45, 2.75) is 26.6 Å². The monoisotopic (exact) mass is 596 g/mol. The van der Waals surface area contributed by atoms with Gasteiger partial charge in [-0.1, -0.05) is 50.2 Å². The summed E-state index contributed by atoms with van der Waals surface area (Å²) in [6.07, 6.45) is 2.22. The van der Waals surface area contributed by atoms with Gasteiger partial charge < -0.3 is 9.47 Å². The molecule has 0 amide bonds. The van der Waals surface area contributed by atoms with E-state index in [-0.39, 0.29) is 65.4 Å². The number of nitrogens with zero attached hydrogens (tertiary/aromatic N) is 4. The number of methoxy groups -OCH3 is 2. The van der Waals surface area contributed by atoms with Crippen molar-refractivity contribution in [1.29, 1.82) is 0 Å². The van der Waals surface area contributed by atoms with E-state index >= 15 is 0 Å². The lowest BCUT2D eigenvalue weighted by molar-refractivity contribution is -0.384. The second-order valence-corrected chi connectivity index (χ2v) is 10.5. The first kappa shape index (κ1) is 31.5. The summed E-state index contributed by atoms with van der Waals surface area (Å²) < 4.78 is 36.1. The molecular weight excluding hydrogens is 571 g/mol. The van der Waals surface area contributed by atoms with Gasteiger partial charge in [-0.15, -0.1) is 0 Å². The molecule has 4 rings (SSSR count). The fourth-order valence-electron chi connectivity index (χ4n) is 3.68. The third-order valence-corrected chi connectivity index (χ3v) is 7.08. The van der Waals surface area contributed by atoms with E-state index in [1.165, 1.54) is 61.4 Å². The molecule has 2 aromatic heterocycles. The Labute approximate surface area is 235 Å². The lowest BCUT2D eigenvalue weighted by Crippen LogP contribution is -2.24. The molecule has 0 bridgehead atoms. The average molecular weight is 597 g/mol. The van der Waals surface area contributed by atoms with E-state index in [2.05, 4.69) is 9.97 Å². The van der Waals surface area contributed by atoms with Gasteiger partial charge in [-0.3, -0.25) is 19.5 Å². The quantitative estimate of drug-likeness (QED) is 0.155. The molecule has 0 fully saturated rings. The van der Waals surface area contributed by atoms with E-state index in [1.54, 1.807) is 0 Å². The summed E-state index contributed by atoms with van der Waals surface area (Å²) in [7, 11) is -1.00. The maximum atomic E-state index is 13.9. The average Bonchev–Trinajstić information content (AvgIpc) is 2.86. The van der Waals surface area contributed by atoms with Crippen molar-refractivity contribution < 1.29 is 22.8 Å². The number of sulfone groups is 1. The number of nitro groups is 1. The lowest BCUT2D eigenvalue weighted by Gasteiger charge is -2.17. The third kappa shape index (κ3) is 5.97. The predicted octanol–water partition coefficient (Wildman–Crippen LogP) is 5.41. The maximum Gasteiger partial charge on any atom is 0.269 e. The van der Waals surface area contributed by atoms with Crippen LogP contribution in [0.25, 0.3) is 22.2 Å². The Hall–Kier alpha value is -3.74. The zero-order valence-corrected chi connectivity index (χ0v) is 21.9. The Morgan fingerprint density at radius 2 is 1.59 bits per heavy atom. The summed E-state index contributed by atoms with van der Waals surface area (Å²) >= 11 is 13.1. The summed E-state index contributed by atoms with van der Waals surface area (Å²) in [5, 5.41) is 11.0. The first-order valence-corrected chi connectivity index (χ1v) is 13.0. The Morgan fingerprint density at radius 1 is 1.03 bits per heavy atom. The van der Waals surface area contributed by atoms with Gasteiger partial charge in [0.1, 0.15) is 17.1 Å². The molecule has 208 valence electrons. The van der Waals surface area contributed by atoms with E-state index < -0.39 is 25.5 Å². The molecular formula is C25H26Cl2N4O7S. The number of ether oxygens (including phenoxy) is 2. The fraction of sp³-hybridized carbons (Fsp3) is 0.240. The van der Waals surface area contributed by atoms with Crippen molar-refractivity contribution in [3.8, 4) is 22.6 Å². The van der Waals surface area contributed by atoms with Gasteiger partial charge in [-0.25, -0.2) is 13.4 Å². The SMILES string of the molecule is C.C.COc1cc(OC)c(Cl)c(-c2cc3cnc(S(C)(=O)=O)nc3n(Cc3ccc([N+](=O)[O-])cc3)c2=O)c1Cl. The lowest BCUT2D eigenvalue weighted by atomic mass is 10.0. The molecule has 0 aliphatic carbocycles. The molecule has 39 heavy (non-hydrogen) atoms. The number of hydrogen-bond donors (Lipinski definition) is 0. The fourth-order valence-corrected chi connectivity index (χ4v) is 4.88. The number of fused-ring (bicyclic) bond motifs is 1. The van der Waals surface area contributed by atoms with Gasteiger partial charge >= 0.3 is 0 Å². The topological polar surface area (TPSA) is 144 Å². The van der Waals surface area contributed by atoms with Crippen LogP contribution < -0.4 is 15.0 Å². The van der Waals surface area contributed by atoms with Crippen LogP contribution in [0.4, 0.5) is 5.69 Å². The maximum absolute atomic E-state index is 13.9. The number of nitro benzene ring substituents is 1. The first-order chi connectivity index (χ1) is 17.5. The second-order valence-electron chi connectivity index (χ2n) is 7.86. The molecule has 0 spiro atoms. The van der Waals surface area contributed by atoms with Gasteiger partial charge in [-0.2, -0.15) is 4.98 Å². The van der Waals surface area contributed by atoms with Crippen LogP contribution in [0.2, 0.25) is 10.0 Å². The van der Waals surface area contributed by atoms with Gasteiger partial charge in [-0.05, 0) is 11.6 Å². The Morgan fingerprint density at radius 3 is 2.08 bits per heavy atom. The predicted molar refractivity (Wildman–Crippen MR) is 151 cm³/mol. The van der Waals surface area contributed by atoms with Crippen molar-refractivity contribution in [3.63, 3.8) is 0 Å². The molecule has 0 N–H and O–H groups in total. The number of non-ortho nitro benzene ring substituents is 1. The Balaban J connectivity index is 0.00000267. The van der Waals surface area contributed by atoms with Gasteiger partial charge in [0.15, 0.2) is 0 Å². The molecule has 4 aromatic rings. The molecule has 2 heterocycles. The van der Waals surface area contributed by atoms with E-state index in [0.717, 1.165) is 6.26 Å². The smallest absolute Gasteiger partial charge is 0.269 e. The molecule has 0 radical (unpaired) electrons. The van der Waals surface area contributed by atoms with Crippen LogP contribution in [-0.2, 0) is 16.4 Å². The van der Waals surface area contributed by atoms with Gasteiger partial charge in [0.05, 0.1) is 41.3 Å². The minimum Gasteiger partial charge on any atom is -0.495 e. The molecule has 0 saturated carbocycles. The molecule has 11 nitrogen and oxygen atoms in total. The molecule has 2 aromatic carbocycles. The second kappa shape index (κ2) is 12.0. The summed E-state index contributed by atoms with van der Waals surface area (Å²) in [6, 6.07) is 8.48. The van der Waals surface area contributed by atoms with E-state index in [1.807, 2.05) is 0 Å². The highest BCUT2D eigenvalue weighted by Crippen LogP contribution is 2.45. The summed E-state index contributed by atoms with van der Waals surface area (Å²) in [6.45, 7) is -0.0995. The van der Waals surface area contributed by atoms with Crippen molar-refractivity contribution >= 4 is 49.8 Å². The van der Waals surface area contributed by atoms with Crippen LogP contribution in [0.3, 0.4) is 0 Å². The number of hydrogen-bond acceptors (Lipinski definition) is 9. The normalized spacial score (nSPS) is 10.9. The molecule has 0 unspecified atom stereocenters. The van der Waals surface area contributed by atoms with E-state index in [0.29, 0.717) is 10.9 Å². The van der Waals surface area contributed by atoms with Crippen LogP contribution in [0.1, 0.15) is 20.4 Å². The number of halogens is 2. The van der Waals surface area contributed by atoms with E-state index in [9.17, 15) is 23.3 Å². The van der Waals surface area contributed by atoms with Gasteiger partial charge in [0.25, 0.3) is 11.2 Å². The molecule has 0 aliphatic rings. The number of rotatable bonds is 7. The van der Waals surface area contributed by atoms with Gasteiger partial charge in [0, 0.05) is 41.6 Å². The molecule has 0 saturated heterocycles. The molecule has 0 atom stereocenters. The van der Waals surface area contributed by atoms with E-state index in [4.69, 9.17) is 32.7 Å².